The molecule has 0 radical (unpaired) electrons. The molecule has 0 spiro atoms. The summed E-state index contributed by atoms with van der Waals surface area (Å²) in [6.45, 7) is 4.15. The number of thioether (sulfide) groups is 1. The second-order valence-corrected chi connectivity index (χ2v) is 9.93. The molecule has 9 heteroatoms. The van der Waals surface area contributed by atoms with Crippen molar-refractivity contribution in [3.63, 3.8) is 0 Å². The number of sulfonamides is 1. The Kier molecular flexibility index (Phi) is 7.83. The first-order valence-electron chi connectivity index (χ1n) is 9.72. The van der Waals surface area contributed by atoms with E-state index < -0.39 is 15.9 Å². The van der Waals surface area contributed by atoms with Crippen molar-refractivity contribution >= 4 is 45.0 Å². The number of benzene rings is 2. The van der Waals surface area contributed by atoms with E-state index in [2.05, 4.69) is 5.32 Å². The summed E-state index contributed by atoms with van der Waals surface area (Å²) in [5, 5.41) is 2.81. The van der Waals surface area contributed by atoms with E-state index in [1.165, 1.54) is 22.7 Å². The van der Waals surface area contributed by atoms with Gasteiger partial charge in [0.15, 0.2) is 5.76 Å². The molecule has 1 amide bonds. The molecule has 0 bridgehead atoms. The predicted octanol–water partition coefficient (Wildman–Crippen LogP) is 5.51. The van der Waals surface area contributed by atoms with Gasteiger partial charge in [-0.3, -0.25) is 4.79 Å². The number of hydrogen-bond acceptors (Lipinski definition) is 5. The lowest BCUT2D eigenvalue weighted by Gasteiger charge is -2.19. The van der Waals surface area contributed by atoms with Crippen molar-refractivity contribution < 1.29 is 17.6 Å². The topological polar surface area (TPSA) is 79.6 Å². The highest BCUT2D eigenvalue weighted by Crippen LogP contribution is 2.29. The minimum absolute atomic E-state index is 0.0463. The molecule has 6 nitrogen and oxygen atoms in total. The van der Waals surface area contributed by atoms with Crippen LogP contribution in [0.25, 0.3) is 0 Å². The Morgan fingerprint density at radius 3 is 2.48 bits per heavy atom. The Hall–Kier alpha value is -2.26. The van der Waals surface area contributed by atoms with E-state index in [4.69, 9.17) is 16.0 Å². The first kappa shape index (κ1) is 23.4. The SMILES string of the molecule is CCN(CC)S(=O)(=O)c1cc(NC(=O)c2occc2CSc2ccccc2)ccc1Cl. The highest BCUT2D eigenvalue weighted by Gasteiger charge is 2.25. The summed E-state index contributed by atoms with van der Waals surface area (Å²) >= 11 is 7.75. The molecule has 1 N–H and O–H groups in total. The van der Waals surface area contributed by atoms with Gasteiger partial charge < -0.3 is 9.73 Å². The van der Waals surface area contributed by atoms with Gasteiger partial charge in [-0.2, -0.15) is 4.31 Å². The van der Waals surface area contributed by atoms with Gasteiger partial charge in [0.1, 0.15) is 4.90 Å². The van der Waals surface area contributed by atoms with Gasteiger partial charge in [0.05, 0.1) is 11.3 Å². The fourth-order valence-electron chi connectivity index (χ4n) is 3.00. The smallest absolute Gasteiger partial charge is 0.291 e. The molecular formula is C22H23ClN2O4S2. The Bertz CT molecular complexity index is 1140. The standard InChI is InChI=1S/C22H23ClN2O4S2/c1-3-25(4-2)31(27,28)20-14-17(10-11-19(20)23)24-22(26)21-16(12-13-29-21)15-30-18-8-6-5-7-9-18/h5-14H,3-4,15H2,1-2H3,(H,24,26). The minimum atomic E-state index is -3.77. The molecule has 0 aliphatic rings. The molecular weight excluding hydrogens is 456 g/mol. The lowest BCUT2D eigenvalue weighted by Crippen LogP contribution is -2.30. The number of hydrogen-bond donors (Lipinski definition) is 1. The van der Waals surface area contributed by atoms with Crippen molar-refractivity contribution in [3.05, 3.63) is 77.2 Å². The lowest BCUT2D eigenvalue weighted by atomic mass is 10.2. The van der Waals surface area contributed by atoms with Gasteiger partial charge in [0, 0.05) is 35.0 Å². The average molecular weight is 479 g/mol. The number of rotatable bonds is 9. The second kappa shape index (κ2) is 10.4. The minimum Gasteiger partial charge on any atom is -0.459 e. The maximum atomic E-state index is 12.9. The van der Waals surface area contributed by atoms with Crippen molar-refractivity contribution in [3.8, 4) is 0 Å². The third kappa shape index (κ3) is 5.51. The van der Waals surface area contributed by atoms with E-state index >= 15 is 0 Å². The van der Waals surface area contributed by atoms with Gasteiger partial charge in [0.2, 0.25) is 10.0 Å². The molecule has 2 aromatic carbocycles. The van der Waals surface area contributed by atoms with Crippen LogP contribution in [0.15, 0.2) is 75.1 Å². The fraction of sp³-hybridized carbons (Fsp3) is 0.227. The van der Waals surface area contributed by atoms with Crippen molar-refractivity contribution in [1.82, 2.24) is 4.31 Å². The molecule has 3 aromatic rings. The van der Waals surface area contributed by atoms with Gasteiger partial charge in [-0.25, -0.2) is 8.42 Å². The van der Waals surface area contributed by atoms with Crippen LogP contribution >= 0.6 is 23.4 Å². The van der Waals surface area contributed by atoms with Crippen molar-refractivity contribution in [2.75, 3.05) is 18.4 Å². The molecule has 0 atom stereocenters. The fourth-order valence-corrected chi connectivity index (χ4v) is 5.85. The molecule has 0 unspecified atom stereocenters. The molecule has 0 aliphatic heterocycles. The van der Waals surface area contributed by atoms with E-state index in [9.17, 15) is 13.2 Å². The van der Waals surface area contributed by atoms with E-state index in [-0.39, 0.29) is 15.7 Å². The lowest BCUT2D eigenvalue weighted by molar-refractivity contribution is 0.0995. The average Bonchev–Trinajstić information content (AvgIpc) is 3.24. The zero-order valence-electron chi connectivity index (χ0n) is 17.2. The molecule has 31 heavy (non-hydrogen) atoms. The summed E-state index contributed by atoms with van der Waals surface area (Å²) in [6.07, 6.45) is 1.47. The van der Waals surface area contributed by atoms with Crippen LogP contribution in [0.4, 0.5) is 5.69 Å². The molecule has 0 saturated heterocycles. The number of amides is 1. The van der Waals surface area contributed by atoms with Gasteiger partial charge in [0.25, 0.3) is 5.91 Å². The highest BCUT2D eigenvalue weighted by molar-refractivity contribution is 7.98. The number of anilines is 1. The van der Waals surface area contributed by atoms with Gasteiger partial charge >= 0.3 is 0 Å². The Morgan fingerprint density at radius 2 is 1.81 bits per heavy atom. The molecule has 164 valence electrons. The van der Waals surface area contributed by atoms with Crippen molar-refractivity contribution in [2.24, 2.45) is 0 Å². The van der Waals surface area contributed by atoms with Crippen LogP contribution in [0.5, 0.6) is 0 Å². The van der Waals surface area contributed by atoms with E-state index in [1.807, 2.05) is 30.3 Å². The largest absolute Gasteiger partial charge is 0.459 e. The van der Waals surface area contributed by atoms with Crippen LogP contribution < -0.4 is 5.32 Å². The number of carbonyl (C=O) groups excluding carboxylic acids is 1. The number of halogens is 1. The number of nitrogens with zero attached hydrogens (tertiary/aromatic N) is 1. The molecule has 3 rings (SSSR count). The molecule has 1 aromatic heterocycles. The van der Waals surface area contributed by atoms with E-state index in [0.717, 1.165) is 10.5 Å². The van der Waals surface area contributed by atoms with Gasteiger partial charge in [-0.1, -0.05) is 43.6 Å². The van der Waals surface area contributed by atoms with Crippen molar-refractivity contribution in [1.29, 1.82) is 0 Å². The molecule has 1 heterocycles. The summed E-state index contributed by atoms with van der Waals surface area (Å²) in [7, 11) is -3.77. The maximum absolute atomic E-state index is 12.9. The number of nitrogens with one attached hydrogen (secondary N) is 1. The van der Waals surface area contributed by atoms with Gasteiger partial charge in [-0.15, -0.1) is 11.8 Å². The van der Waals surface area contributed by atoms with Crippen LogP contribution in [0.1, 0.15) is 30.0 Å². The van der Waals surface area contributed by atoms with E-state index in [1.54, 1.807) is 37.7 Å². The van der Waals surface area contributed by atoms with Crippen LogP contribution in [0, 0.1) is 0 Å². The zero-order valence-corrected chi connectivity index (χ0v) is 19.6. The molecule has 0 fully saturated rings. The monoisotopic (exact) mass is 478 g/mol. The molecule has 0 saturated carbocycles. The highest BCUT2D eigenvalue weighted by atomic mass is 35.5. The predicted molar refractivity (Wildman–Crippen MR) is 124 cm³/mol. The van der Waals surface area contributed by atoms with Crippen LogP contribution in [0.3, 0.4) is 0 Å². The first-order valence-corrected chi connectivity index (χ1v) is 12.5. The Balaban J connectivity index is 1.78. The summed E-state index contributed by atoms with van der Waals surface area (Å²) in [5.41, 5.74) is 1.06. The summed E-state index contributed by atoms with van der Waals surface area (Å²) in [5.74, 6) is 0.291. The summed E-state index contributed by atoms with van der Waals surface area (Å²) in [6, 6.07) is 16.0. The normalized spacial score (nSPS) is 11.6. The number of carbonyl (C=O) groups is 1. The maximum Gasteiger partial charge on any atom is 0.291 e. The zero-order chi connectivity index (χ0) is 22.4. The summed E-state index contributed by atoms with van der Waals surface area (Å²) < 4.78 is 32.4. The summed E-state index contributed by atoms with van der Waals surface area (Å²) in [4.78, 5) is 13.8. The first-order chi connectivity index (χ1) is 14.9. The van der Waals surface area contributed by atoms with E-state index in [0.29, 0.717) is 24.5 Å². The Morgan fingerprint density at radius 1 is 1.10 bits per heavy atom. The van der Waals surface area contributed by atoms with Crippen LogP contribution in [-0.2, 0) is 15.8 Å². The van der Waals surface area contributed by atoms with Gasteiger partial charge in [-0.05, 0) is 36.4 Å². The van der Waals surface area contributed by atoms with Crippen LogP contribution in [0.2, 0.25) is 5.02 Å². The third-order valence-electron chi connectivity index (χ3n) is 4.60. The third-order valence-corrected chi connectivity index (χ3v) is 8.20. The second-order valence-electron chi connectivity index (χ2n) is 6.57. The Labute approximate surface area is 191 Å². The molecule has 0 aliphatic carbocycles. The van der Waals surface area contributed by atoms with Crippen LogP contribution in [-0.4, -0.2) is 31.7 Å². The number of furan rings is 1. The van der Waals surface area contributed by atoms with Crippen molar-refractivity contribution in [2.45, 2.75) is 29.4 Å². The quantitative estimate of drug-likeness (QED) is 0.410.